The topological polar surface area (TPSA) is 65.9 Å². The van der Waals surface area contributed by atoms with Crippen molar-refractivity contribution in [3.63, 3.8) is 0 Å². The third-order valence-electron chi connectivity index (χ3n) is 6.27. The first-order valence-electron chi connectivity index (χ1n) is 11.8. The Labute approximate surface area is 191 Å². The quantitative estimate of drug-likeness (QED) is 0.561. The predicted octanol–water partition coefficient (Wildman–Crippen LogP) is 3.15. The van der Waals surface area contributed by atoms with Crippen LogP contribution in [0.25, 0.3) is 0 Å². The van der Waals surface area contributed by atoms with Crippen molar-refractivity contribution in [3.8, 4) is 11.5 Å². The maximum Gasteiger partial charge on any atom is 0.161 e. The van der Waals surface area contributed by atoms with Crippen LogP contribution in [0.5, 0.6) is 11.5 Å². The standard InChI is InChI=1S/C25H35N3O4/c1-29-23-5-3-21(18-24(23)32-17-12-28-10-15-31-16-11-28)19-25-26-9-6-22(27-25)4-2-20-7-13-30-14-8-20/h3,5-6,9,18,20H,2,4,7-8,10-17,19H2,1H3. The van der Waals surface area contributed by atoms with E-state index in [0.717, 1.165) is 99.8 Å². The molecule has 7 nitrogen and oxygen atoms in total. The lowest BCUT2D eigenvalue weighted by Gasteiger charge is -2.26. The van der Waals surface area contributed by atoms with Gasteiger partial charge in [0.25, 0.3) is 0 Å². The minimum Gasteiger partial charge on any atom is -0.493 e. The summed E-state index contributed by atoms with van der Waals surface area (Å²) < 4.78 is 22.5. The van der Waals surface area contributed by atoms with Gasteiger partial charge < -0.3 is 18.9 Å². The van der Waals surface area contributed by atoms with Gasteiger partial charge in [0.1, 0.15) is 12.4 Å². The Morgan fingerprint density at radius 2 is 1.84 bits per heavy atom. The molecule has 0 atom stereocenters. The Morgan fingerprint density at radius 3 is 2.66 bits per heavy atom. The second-order valence-electron chi connectivity index (χ2n) is 8.52. The first-order chi connectivity index (χ1) is 15.8. The smallest absolute Gasteiger partial charge is 0.161 e. The fourth-order valence-electron chi connectivity index (χ4n) is 4.29. The number of hydrogen-bond acceptors (Lipinski definition) is 7. The van der Waals surface area contributed by atoms with Crippen molar-refractivity contribution < 1.29 is 18.9 Å². The molecule has 174 valence electrons. The molecule has 0 radical (unpaired) electrons. The van der Waals surface area contributed by atoms with E-state index in [-0.39, 0.29) is 0 Å². The number of rotatable bonds is 10. The molecule has 2 saturated heterocycles. The molecule has 0 aliphatic carbocycles. The largest absolute Gasteiger partial charge is 0.493 e. The molecule has 7 heteroatoms. The van der Waals surface area contributed by atoms with Crippen LogP contribution in [0, 0.1) is 5.92 Å². The molecular weight excluding hydrogens is 406 g/mol. The first-order valence-corrected chi connectivity index (χ1v) is 11.8. The zero-order valence-electron chi connectivity index (χ0n) is 19.1. The van der Waals surface area contributed by atoms with Crippen molar-refractivity contribution >= 4 is 0 Å². The second kappa shape index (κ2) is 12.1. The normalized spacial score (nSPS) is 17.9. The highest BCUT2D eigenvalue weighted by atomic mass is 16.5. The molecule has 2 aliphatic rings. The Bertz CT molecular complexity index is 836. The molecule has 0 saturated carbocycles. The zero-order chi connectivity index (χ0) is 22.0. The first kappa shape index (κ1) is 23.0. The van der Waals surface area contributed by atoms with E-state index >= 15 is 0 Å². The third kappa shape index (κ3) is 6.89. The molecule has 32 heavy (non-hydrogen) atoms. The summed E-state index contributed by atoms with van der Waals surface area (Å²) in [4.78, 5) is 11.7. The number of ether oxygens (including phenoxy) is 4. The summed E-state index contributed by atoms with van der Waals surface area (Å²) >= 11 is 0. The highest BCUT2D eigenvalue weighted by Crippen LogP contribution is 2.29. The summed E-state index contributed by atoms with van der Waals surface area (Å²) in [6.07, 6.45) is 7.05. The lowest BCUT2D eigenvalue weighted by Crippen LogP contribution is -2.38. The van der Waals surface area contributed by atoms with E-state index < -0.39 is 0 Å². The maximum atomic E-state index is 6.08. The van der Waals surface area contributed by atoms with Gasteiger partial charge in [-0.05, 0) is 55.4 Å². The van der Waals surface area contributed by atoms with Gasteiger partial charge in [-0.25, -0.2) is 9.97 Å². The predicted molar refractivity (Wildman–Crippen MR) is 122 cm³/mol. The number of aryl methyl sites for hydroxylation is 1. The van der Waals surface area contributed by atoms with E-state index in [1.807, 2.05) is 18.3 Å². The van der Waals surface area contributed by atoms with Crippen LogP contribution in [-0.2, 0) is 22.3 Å². The molecule has 1 aromatic carbocycles. The molecule has 2 fully saturated rings. The van der Waals surface area contributed by atoms with E-state index in [4.69, 9.17) is 23.9 Å². The molecule has 4 rings (SSSR count). The zero-order valence-corrected chi connectivity index (χ0v) is 19.1. The van der Waals surface area contributed by atoms with Crippen LogP contribution in [-0.4, -0.2) is 74.6 Å². The molecule has 2 aromatic rings. The summed E-state index contributed by atoms with van der Waals surface area (Å²) in [5, 5.41) is 0. The van der Waals surface area contributed by atoms with E-state index in [1.54, 1.807) is 7.11 Å². The number of morpholine rings is 1. The summed E-state index contributed by atoms with van der Waals surface area (Å²) in [5.74, 6) is 3.12. The van der Waals surface area contributed by atoms with Crippen LogP contribution in [0.15, 0.2) is 30.5 Å². The lowest BCUT2D eigenvalue weighted by atomic mass is 9.94. The van der Waals surface area contributed by atoms with Gasteiger partial charge >= 0.3 is 0 Å². The maximum absolute atomic E-state index is 6.08. The second-order valence-corrected chi connectivity index (χ2v) is 8.52. The van der Waals surface area contributed by atoms with E-state index in [0.29, 0.717) is 13.0 Å². The highest BCUT2D eigenvalue weighted by molar-refractivity contribution is 5.43. The van der Waals surface area contributed by atoms with Crippen molar-refractivity contribution in [2.75, 3.05) is 59.8 Å². The number of benzene rings is 1. The van der Waals surface area contributed by atoms with Crippen LogP contribution in [0.4, 0.5) is 0 Å². The van der Waals surface area contributed by atoms with Gasteiger partial charge in [-0.1, -0.05) is 6.07 Å². The Hall–Kier alpha value is -2.22. The minimum absolute atomic E-state index is 0.623. The summed E-state index contributed by atoms with van der Waals surface area (Å²) in [5.41, 5.74) is 2.24. The van der Waals surface area contributed by atoms with Gasteiger partial charge in [-0.15, -0.1) is 0 Å². The van der Waals surface area contributed by atoms with Crippen LogP contribution in [0.2, 0.25) is 0 Å². The number of hydrogen-bond donors (Lipinski definition) is 0. The van der Waals surface area contributed by atoms with Crippen molar-refractivity contribution in [1.82, 2.24) is 14.9 Å². The molecule has 3 heterocycles. The SMILES string of the molecule is COc1ccc(Cc2nccc(CCC3CCOCC3)n2)cc1OCCN1CCOCC1. The lowest BCUT2D eigenvalue weighted by molar-refractivity contribution is 0.0321. The fraction of sp³-hybridized carbons (Fsp3) is 0.600. The van der Waals surface area contributed by atoms with Crippen molar-refractivity contribution in [1.29, 1.82) is 0 Å². The summed E-state index contributed by atoms with van der Waals surface area (Å²) in [6.45, 7) is 6.82. The molecular formula is C25H35N3O4. The fourth-order valence-corrected chi connectivity index (χ4v) is 4.29. The van der Waals surface area contributed by atoms with Crippen molar-refractivity contribution in [2.45, 2.75) is 32.1 Å². The molecule has 0 bridgehead atoms. The van der Waals surface area contributed by atoms with E-state index in [9.17, 15) is 0 Å². The van der Waals surface area contributed by atoms with Crippen LogP contribution in [0.1, 0.15) is 36.3 Å². The van der Waals surface area contributed by atoms with Crippen LogP contribution < -0.4 is 9.47 Å². The monoisotopic (exact) mass is 441 g/mol. The molecule has 0 N–H and O–H groups in total. The Kier molecular flexibility index (Phi) is 8.71. The average Bonchev–Trinajstić information content (AvgIpc) is 2.85. The minimum atomic E-state index is 0.623. The Morgan fingerprint density at radius 1 is 1.03 bits per heavy atom. The average molecular weight is 442 g/mol. The molecule has 0 spiro atoms. The van der Waals surface area contributed by atoms with Crippen LogP contribution >= 0.6 is 0 Å². The van der Waals surface area contributed by atoms with E-state index in [2.05, 4.69) is 22.0 Å². The third-order valence-corrected chi connectivity index (χ3v) is 6.27. The van der Waals surface area contributed by atoms with Crippen molar-refractivity contribution in [3.05, 3.63) is 47.5 Å². The Balaban J connectivity index is 1.33. The molecule has 2 aliphatic heterocycles. The number of aromatic nitrogens is 2. The number of nitrogens with zero attached hydrogens (tertiary/aromatic N) is 3. The molecule has 0 unspecified atom stereocenters. The molecule has 0 amide bonds. The van der Waals surface area contributed by atoms with Gasteiger partial charge in [0.2, 0.25) is 0 Å². The van der Waals surface area contributed by atoms with Crippen molar-refractivity contribution in [2.24, 2.45) is 5.92 Å². The molecule has 1 aromatic heterocycles. The summed E-state index contributed by atoms with van der Waals surface area (Å²) in [6, 6.07) is 8.12. The van der Waals surface area contributed by atoms with Crippen LogP contribution in [0.3, 0.4) is 0 Å². The number of methoxy groups -OCH3 is 1. The van der Waals surface area contributed by atoms with Gasteiger partial charge in [-0.3, -0.25) is 4.90 Å². The van der Waals surface area contributed by atoms with Gasteiger partial charge in [0.15, 0.2) is 11.5 Å². The van der Waals surface area contributed by atoms with Gasteiger partial charge in [0, 0.05) is 51.2 Å². The van der Waals surface area contributed by atoms with E-state index in [1.165, 1.54) is 6.42 Å². The summed E-state index contributed by atoms with van der Waals surface area (Å²) in [7, 11) is 1.68. The van der Waals surface area contributed by atoms with Gasteiger partial charge in [0.05, 0.1) is 20.3 Å². The highest BCUT2D eigenvalue weighted by Gasteiger charge is 2.15. The van der Waals surface area contributed by atoms with Gasteiger partial charge in [-0.2, -0.15) is 0 Å².